The predicted octanol–water partition coefficient (Wildman–Crippen LogP) is 2.84. The van der Waals surface area contributed by atoms with Crippen molar-refractivity contribution in [3.05, 3.63) is 70.9 Å². The fourth-order valence-corrected chi connectivity index (χ4v) is 4.08. The van der Waals surface area contributed by atoms with Crippen molar-refractivity contribution in [2.75, 3.05) is 38.1 Å². The molecule has 0 atom stereocenters. The molecular weight excluding hydrogens is 350 g/mol. The summed E-state index contributed by atoms with van der Waals surface area (Å²) in [5.41, 5.74) is 5.30. The molecule has 28 heavy (non-hydrogen) atoms. The van der Waals surface area contributed by atoms with E-state index in [1.807, 2.05) is 44.2 Å². The molecule has 0 radical (unpaired) electrons. The minimum atomic E-state index is -0.211. The van der Waals surface area contributed by atoms with Gasteiger partial charge in [0.25, 0.3) is 11.8 Å². The zero-order valence-electron chi connectivity index (χ0n) is 16.6. The van der Waals surface area contributed by atoms with Gasteiger partial charge in [-0.15, -0.1) is 0 Å². The van der Waals surface area contributed by atoms with Gasteiger partial charge < -0.3 is 9.80 Å². The summed E-state index contributed by atoms with van der Waals surface area (Å²) in [6.45, 7) is 7.09. The molecule has 144 valence electrons. The number of aryl methyl sites for hydroxylation is 2. The van der Waals surface area contributed by atoms with E-state index >= 15 is 0 Å². The minimum absolute atomic E-state index is 0.201. The third-order valence-corrected chi connectivity index (χ3v) is 5.63. The molecular formula is C23H25N3O2. The van der Waals surface area contributed by atoms with Crippen LogP contribution < -0.4 is 4.90 Å². The van der Waals surface area contributed by atoms with E-state index in [0.29, 0.717) is 24.4 Å². The summed E-state index contributed by atoms with van der Waals surface area (Å²) in [6.07, 6.45) is 0. The van der Waals surface area contributed by atoms with Gasteiger partial charge in [0.05, 0.1) is 5.57 Å². The second-order valence-corrected chi connectivity index (χ2v) is 7.52. The maximum absolute atomic E-state index is 12.9. The molecule has 5 heteroatoms. The van der Waals surface area contributed by atoms with Crippen molar-refractivity contribution in [1.82, 2.24) is 9.80 Å². The van der Waals surface area contributed by atoms with E-state index in [2.05, 4.69) is 28.0 Å². The average molecular weight is 375 g/mol. The van der Waals surface area contributed by atoms with E-state index in [4.69, 9.17) is 0 Å². The lowest BCUT2D eigenvalue weighted by molar-refractivity contribution is -0.135. The quantitative estimate of drug-likeness (QED) is 0.774. The number of carbonyl (C=O) groups is 2. The lowest BCUT2D eigenvalue weighted by atomic mass is 9.97. The van der Waals surface area contributed by atoms with Gasteiger partial charge in [-0.25, -0.2) is 0 Å². The molecule has 0 spiro atoms. The molecule has 2 aliphatic rings. The molecule has 2 aliphatic heterocycles. The largest absolute Gasteiger partial charge is 0.368 e. The lowest BCUT2D eigenvalue weighted by Crippen LogP contribution is -2.47. The molecule has 0 aliphatic carbocycles. The average Bonchev–Trinajstić information content (AvgIpc) is 2.93. The van der Waals surface area contributed by atoms with Crippen LogP contribution in [0, 0.1) is 13.8 Å². The van der Waals surface area contributed by atoms with Crippen molar-refractivity contribution in [3.63, 3.8) is 0 Å². The van der Waals surface area contributed by atoms with Crippen LogP contribution in [0.15, 0.2) is 54.2 Å². The third-order valence-electron chi connectivity index (χ3n) is 5.63. The summed E-state index contributed by atoms with van der Waals surface area (Å²) in [5.74, 6) is -0.412. The zero-order valence-corrected chi connectivity index (χ0v) is 16.6. The van der Waals surface area contributed by atoms with E-state index in [9.17, 15) is 9.59 Å². The summed E-state index contributed by atoms with van der Waals surface area (Å²) in [6, 6.07) is 16.3. The highest BCUT2D eigenvalue weighted by Crippen LogP contribution is 2.33. The summed E-state index contributed by atoms with van der Waals surface area (Å²) in [7, 11) is 1.57. The van der Waals surface area contributed by atoms with Gasteiger partial charge in [-0.3, -0.25) is 14.5 Å². The Hall–Kier alpha value is -3.08. The summed E-state index contributed by atoms with van der Waals surface area (Å²) < 4.78 is 0. The highest BCUT2D eigenvalue weighted by molar-refractivity contribution is 6.35. The first-order valence-corrected chi connectivity index (χ1v) is 9.66. The maximum Gasteiger partial charge on any atom is 0.277 e. The molecule has 2 heterocycles. The number of amides is 2. The number of likely N-dealkylation sites (N-methyl/N-ethyl adjacent to an activating group) is 1. The molecule has 0 saturated carbocycles. The lowest BCUT2D eigenvalue weighted by Gasteiger charge is -2.37. The van der Waals surface area contributed by atoms with Gasteiger partial charge in [0.1, 0.15) is 5.70 Å². The molecule has 2 aromatic carbocycles. The normalized spacial score (nSPS) is 17.8. The second kappa shape index (κ2) is 7.15. The van der Waals surface area contributed by atoms with Gasteiger partial charge in [0, 0.05) is 38.9 Å². The highest BCUT2D eigenvalue weighted by Gasteiger charge is 2.40. The van der Waals surface area contributed by atoms with Crippen LogP contribution in [0.3, 0.4) is 0 Å². The van der Waals surface area contributed by atoms with Crippen molar-refractivity contribution in [2.45, 2.75) is 13.8 Å². The van der Waals surface area contributed by atoms with E-state index in [0.717, 1.165) is 29.8 Å². The molecule has 2 aromatic rings. The van der Waals surface area contributed by atoms with E-state index in [-0.39, 0.29) is 11.8 Å². The third kappa shape index (κ3) is 3.07. The van der Waals surface area contributed by atoms with Crippen LogP contribution >= 0.6 is 0 Å². The molecule has 0 unspecified atom stereocenters. The van der Waals surface area contributed by atoms with Crippen LogP contribution in [0.5, 0.6) is 0 Å². The Morgan fingerprint density at radius 2 is 1.43 bits per heavy atom. The van der Waals surface area contributed by atoms with E-state index in [1.165, 1.54) is 10.6 Å². The summed E-state index contributed by atoms with van der Waals surface area (Å²) in [4.78, 5) is 31.5. The van der Waals surface area contributed by atoms with Gasteiger partial charge in [0.2, 0.25) is 0 Å². The highest BCUT2D eigenvalue weighted by atomic mass is 16.2. The Bertz CT molecular complexity index is 957. The van der Waals surface area contributed by atoms with Gasteiger partial charge in [-0.05, 0) is 37.1 Å². The Morgan fingerprint density at radius 3 is 2.07 bits per heavy atom. The molecule has 1 saturated heterocycles. The SMILES string of the molecule is Cc1ccc(C2=C(N3CCN(c4ccccc4)CC3)C(=O)N(C)C2=O)c(C)c1. The standard InChI is InChI=1S/C23H25N3O2/c1-16-9-10-19(17(2)15-16)20-21(23(28)24(3)22(20)27)26-13-11-25(12-14-26)18-7-5-4-6-8-18/h4-10,15H,11-14H2,1-3H3. The first kappa shape index (κ1) is 18.3. The van der Waals surface area contributed by atoms with Crippen molar-refractivity contribution in [3.8, 4) is 0 Å². The molecule has 5 nitrogen and oxygen atoms in total. The van der Waals surface area contributed by atoms with Gasteiger partial charge in [-0.2, -0.15) is 0 Å². The van der Waals surface area contributed by atoms with Crippen molar-refractivity contribution in [1.29, 1.82) is 0 Å². The van der Waals surface area contributed by atoms with Crippen LogP contribution in [0.25, 0.3) is 5.57 Å². The molecule has 0 aromatic heterocycles. The number of carbonyl (C=O) groups excluding carboxylic acids is 2. The monoisotopic (exact) mass is 375 g/mol. The Labute approximate surface area is 165 Å². The molecule has 0 bridgehead atoms. The van der Waals surface area contributed by atoms with Crippen molar-refractivity contribution < 1.29 is 9.59 Å². The number of para-hydroxylation sites is 1. The van der Waals surface area contributed by atoms with Crippen molar-refractivity contribution >= 4 is 23.1 Å². The Morgan fingerprint density at radius 1 is 0.786 bits per heavy atom. The predicted molar refractivity (Wildman–Crippen MR) is 111 cm³/mol. The number of benzene rings is 2. The number of nitrogens with zero attached hydrogens (tertiary/aromatic N) is 3. The van der Waals surface area contributed by atoms with Crippen LogP contribution in [0.1, 0.15) is 16.7 Å². The van der Waals surface area contributed by atoms with Crippen LogP contribution in [0.4, 0.5) is 5.69 Å². The van der Waals surface area contributed by atoms with E-state index in [1.54, 1.807) is 7.05 Å². The van der Waals surface area contributed by atoms with Crippen LogP contribution in [0.2, 0.25) is 0 Å². The maximum atomic E-state index is 12.9. The molecule has 1 fully saturated rings. The molecule has 4 rings (SSSR count). The fraction of sp³-hybridized carbons (Fsp3) is 0.304. The zero-order chi connectivity index (χ0) is 19.8. The smallest absolute Gasteiger partial charge is 0.277 e. The minimum Gasteiger partial charge on any atom is -0.368 e. The molecule has 0 N–H and O–H groups in total. The topological polar surface area (TPSA) is 43.9 Å². The van der Waals surface area contributed by atoms with Gasteiger partial charge in [-0.1, -0.05) is 42.0 Å². The second-order valence-electron chi connectivity index (χ2n) is 7.52. The number of rotatable bonds is 3. The summed E-state index contributed by atoms with van der Waals surface area (Å²) >= 11 is 0. The number of hydrogen-bond donors (Lipinski definition) is 0. The summed E-state index contributed by atoms with van der Waals surface area (Å²) in [5, 5.41) is 0. The molecule has 2 amide bonds. The van der Waals surface area contributed by atoms with Crippen LogP contribution in [-0.4, -0.2) is 54.8 Å². The number of imide groups is 1. The fourth-order valence-electron chi connectivity index (χ4n) is 4.08. The number of anilines is 1. The Balaban J connectivity index is 1.66. The number of hydrogen-bond acceptors (Lipinski definition) is 4. The van der Waals surface area contributed by atoms with Gasteiger partial charge >= 0.3 is 0 Å². The van der Waals surface area contributed by atoms with Crippen LogP contribution in [-0.2, 0) is 9.59 Å². The van der Waals surface area contributed by atoms with Crippen molar-refractivity contribution in [2.24, 2.45) is 0 Å². The Kier molecular flexibility index (Phi) is 4.67. The van der Waals surface area contributed by atoms with E-state index < -0.39 is 0 Å². The number of piperazine rings is 1. The first-order chi connectivity index (χ1) is 13.5. The van der Waals surface area contributed by atoms with Gasteiger partial charge in [0.15, 0.2) is 0 Å². The first-order valence-electron chi connectivity index (χ1n) is 9.66.